The highest BCUT2D eigenvalue weighted by atomic mass is 35.5. The lowest BCUT2D eigenvalue weighted by Crippen LogP contribution is -2.22. The fraction of sp³-hybridized carbons (Fsp3) is 0.188. The molecule has 1 aromatic carbocycles. The second kappa shape index (κ2) is 7.51. The fourth-order valence-electron chi connectivity index (χ4n) is 2.02. The zero-order chi connectivity index (χ0) is 18.0. The summed E-state index contributed by atoms with van der Waals surface area (Å²) in [7, 11) is 0. The second-order valence-electron chi connectivity index (χ2n) is 5.11. The summed E-state index contributed by atoms with van der Waals surface area (Å²) in [5, 5.41) is 11.2. The molecule has 130 valence electrons. The molecule has 1 atom stereocenters. The van der Waals surface area contributed by atoms with Gasteiger partial charge in [-0.25, -0.2) is 0 Å². The predicted octanol–water partition coefficient (Wildman–Crippen LogP) is 5.06. The number of benzene rings is 1. The van der Waals surface area contributed by atoms with Gasteiger partial charge >= 0.3 is 0 Å². The molecule has 0 saturated heterocycles. The van der Waals surface area contributed by atoms with Gasteiger partial charge in [0.1, 0.15) is 5.76 Å². The van der Waals surface area contributed by atoms with Crippen LogP contribution in [0, 0.1) is 6.92 Å². The first-order valence-corrected chi connectivity index (χ1v) is 8.88. The van der Waals surface area contributed by atoms with E-state index in [1.54, 1.807) is 44.4 Å². The smallest absolute Gasteiger partial charge is 0.277 e. The maximum Gasteiger partial charge on any atom is 0.277 e. The SMILES string of the molecule is Cc1occc1-c1nnc(SC(C)C(=O)Nc2c(Cl)cccc2Cl)o1. The Hall–Kier alpha value is -1.96. The number of aryl methyl sites for hydroxylation is 1. The zero-order valence-electron chi connectivity index (χ0n) is 13.2. The molecule has 1 unspecified atom stereocenters. The van der Waals surface area contributed by atoms with Crippen molar-refractivity contribution in [2.45, 2.75) is 24.3 Å². The monoisotopic (exact) mass is 397 g/mol. The molecule has 25 heavy (non-hydrogen) atoms. The van der Waals surface area contributed by atoms with Crippen LogP contribution in [0.2, 0.25) is 10.0 Å². The molecular formula is C16H13Cl2N3O3S. The zero-order valence-corrected chi connectivity index (χ0v) is 15.6. The summed E-state index contributed by atoms with van der Waals surface area (Å²) in [6.45, 7) is 3.52. The Balaban J connectivity index is 1.68. The maximum absolute atomic E-state index is 12.4. The lowest BCUT2D eigenvalue weighted by Gasteiger charge is -2.12. The number of amides is 1. The molecule has 6 nitrogen and oxygen atoms in total. The van der Waals surface area contributed by atoms with Crippen molar-refractivity contribution in [3.8, 4) is 11.5 Å². The van der Waals surface area contributed by atoms with Gasteiger partial charge in [0.25, 0.3) is 11.1 Å². The number of nitrogens with zero attached hydrogens (tertiary/aromatic N) is 2. The minimum Gasteiger partial charge on any atom is -0.469 e. The molecule has 0 saturated carbocycles. The predicted molar refractivity (Wildman–Crippen MR) is 97.1 cm³/mol. The molecule has 0 radical (unpaired) electrons. The van der Waals surface area contributed by atoms with E-state index in [1.165, 1.54) is 0 Å². The molecular weight excluding hydrogens is 385 g/mol. The van der Waals surface area contributed by atoms with E-state index in [2.05, 4.69) is 15.5 Å². The largest absolute Gasteiger partial charge is 0.469 e. The van der Waals surface area contributed by atoms with Gasteiger partial charge in [0, 0.05) is 0 Å². The molecule has 0 fully saturated rings. The molecule has 3 aromatic rings. The van der Waals surface area contributed by atoms with Gasteiger partial charge < -0.3 is 14.2 Å². The van der Waals surface area contributed by atoms with Crippen LogP contribution in [0.15, 0.2) is 44.6 Å². The number of halogens is 2. The Morgan fingerprint density at radius 2 is 1.96 bits per heavy atom. The Morgan fingerprint density at radius 3 is 2.60 bits per heavy atom. The van der Waals surface area contributed by atoms with Crippen molar-refractivity contribution in [3.05, 3.63) is 46.3 Å². The third-order valence-electron chi connectivity index (χ3n) is 3.35. The molecule has 1 N–H and O–H groups in total. The van der Waals surface area contributed by atoms with Gasteiger partial charge in [0.05, 0.1) is 32.8 Å². The third kappa shape index (κ3) is 4.00. The number of anilines is 1. The molecule has 3 rings (SSSR count). The van der Waals surface area contributed by atoms with Crippen LogP contribution in [0.5, 0.6) is 0 Å². The van der Waals surface area contributed by atoms with Gasteiger partial charge in [-0.2, -0.15) is 0 Å². The van der Waals surface area contributed by atoms with E-state index in [0.29, 0.717) is 27.4 Å². The van der Waals surface area contributed by atoms with Crippen molar-refractivity contribution >= 4 is 46.6 Å². The van der Waals surface area contributed by atoms with Crippen molar-refractivity contribution in [1.29, 1.82) is 0 Å². The van der Waals surface area contributed by atoms with Crippen LogP contribution in [-0.2, 0) is 4.79 Å². The minimum absolute atomic E-state index is 0.278. The first kappa shape index (κ1) is 17.8. The second-order valence-corrected chi connectivity index (χ2v) is 7.22. The average molecular weight is 398 g/mol. The van der Waals surface area contributed by atoms with E-state index in [0.717, 1.165) is 17.3 Å². The van der Waals surface area contributed by atoms with E-state index < -0.39 is 5.25 Å². The number of rotatable bonds is 5. The average Bonchev–Trinajstić information content (AvgIpc) is 3.19. The first-order valence-electron chi connectivity index (χ1n) is 7.25. The van der Waals surface area contributed by atoms with Crippen LogP contribution in [0.1, 0.15) is 12.7 Å². The number of hydrogen-bond donors (Lipinski definition) is 1. The van der Waals surface area contributed by atoms with Gasteiger partial charge in [0.2, 0.25) is 5.91 Å². The Kier molecular flexibility index (Phi) is 5.36. The quantitative estimate of drug-likeness (QED) is 0.605. The normalized spacial score (nSPS) is 12.2. The standard InChI is InChI=1S/C16H13Cl2N3O3S/c1-8-10(6-7-23-8)15-20-21-16(24-15)25-9(2)14(22)19-13-11(17)4-3-5-12(13)18/h3-7,9H,1-2H3,(H,19,22). The van der Waals surface area contributed by atoms with E-state index in [9.17, 15) is 4.79 Å². The minimum atomic E-state index is -0.494. The third-order valence-corrected chi connectivity index (χ3v) is 4.92. The van der Waals surface area contributed by atoms with Crippen molar-refractivity contribution in [3.63, 3.8) is 0 Å². The summed E-state index contributed by atoms with van der Waals surface area (Å²) in [5.74, 6) is 0.745. The maximum atomic E-state index is 12.4. The van der Waals surface area contributed by atoms with Crippen molar-refractivity contribution in [2.75, 3.05) is 5.32 Å². The van der Waals surface area contributed by atoms with Crippen LogP contribution in [-0.4, -0.2) is 21.4 Å². The molecule has 0 aliphatic rings. The Labute approximate surface area is 157 Å². The highest BCUT2D eigenvalue weighted by Crippen LogP contribution is 2.32. The number of aromatic nitrogens is 2. The lowest BCUT2D eigenvalue weighted by atomic mass is 10.3. The van der Waals surface area contributed by atoms with Gasteiger partial charge in [-0.05, 0) is 32.0 Å². The molecule has 2 heterocycles. The van der Waals surface area contributed by atoms with Crippen LogP contribution >= 0.6 is 35.0 Å². The topological polar surface area (TPSA) is 81.2 Å². The van der Waals surface area contributed by atoms with Crippen LogP contribution in [0.4, 0.5) is 5.69 Å². The number of hydrogen-bond acceptors (Lipinski definition) is 6. The number of nitrogens with one attached hydrogen (secondary N) is 1. The fourth-order valence-corrected chi connectivity index (χ4v) is 3.20. The van der Waals surface area contributed by atoms with E-state index in [4.69, 9.17) is 32.0 Å². The van der Waals surface area contributed by atoms with Crippen molar-refractivity contribution < 1.29 is 13.6 Å². The summed E-state index contributed by atoms with van der Waals surface area (Å²) in [5.41, 5.74) is 1.10. The summed E-state index contributed by atoms with van der Waals surface area (Å²) < 4.78 is 10.8. The Morgan fingerprint density at radius 1 is 1.24 bits per heavy atom. The Bertz CT molecular complexity index is 889. The summed E-state index contributed by atoms with van der Waals surface area (Å²) in [6.07, 6.45) is 1.55. The van der Waals surface area contributed by atoms with Gasteiger partial charge in [0.15, 0.2) is 0 Å². The summed E-state index contributed by atoms with van der Waals surface area (Å²) in [6, 6.07) is 6.75. The van der Waals surface area contributed by atoms with Crippen molar-refractivity contribution in [2.24, 2.45) is 0 Å². The number of para-hydroxylation sites is 1. The number of carbonyl (C=O) groups excluding carboxylic acids is 1. The summed E-state index contributed by atoms with van der Waals surface area (Å²) in [4.78, 5) is 12.4. The molecule has 0 aliphatic carbocycles. The number of thioether (sulfide) groups is 1. The molecule has 0 aliphatic heterocycles. The molecule has 1 amide bonds. The summed E-state index contributed by atoms with van der Waals surface area (Å²) >= 11 is 13.3. The van der Waals surface area contributed by atoms with Gasteiger partial charge in [-0.1, -0.05) is 41.0 Å². The van der Waals surface area contributed by atoms with Crippen LogP contribution < -0.4 is 5.32 Å². The van der Waals surface area contributed by atoms with E-state index >= 15 is 0 Å². The van der Waals surface area contributed by atoms with Crippen LogP contribution in [0.3, 0.4) is 0 Å². The highest BCUT2D eigenvalue weighted by molar-refractivity contribution is 8.00. The molecule has 0 spiro atoms. The van der Waals surface area contributed by atoms with Crippen molar-refractivity contribution in [1.82, 2.24) is 10.2 Å². The van der Waals surface area contributed by atoms with E-state index in [-0.39, 0.29) is 11.1 Å². The van der Waals surface area contributed by atoms with E-state index in [1.807, 2.05) is 0 Å². The number of furan rings is 1. The lowest BCUT2D eigenvalue weighted by molar-refractivity contribution is -0.115. The first-order chi connectivity index (χ1) is 12.0. The van der Waals surface area contributed by atoms with Gasteiger partial charge in [-0.3, -0.25) is 4.79 Å². The molecule has 2 aromatic heterocycles. The van der Waals surface area contributed by atoms with Gasteiger partial charge in [-0.15, -0.1) is 10.2 Å². The van der Waals surface area contributed by atoms with Crippen LogP contribution in [0.25, 0.3) is 11.5 Å². The highest BCUT2D eigenvalue weighted by Gasteiger charge is 2.21. The molecule has 9 heteroatoms. The molecule has 0 bridgehead atoms. The number of carbonyl (C=O) groups is 1.